The smallest absolute Gasteiger partial charge is 0.0540 e. The second-order valence-corrected chi connectivity index (χ2v) is 15.1. The fourth-order valence-electron chi connectivity index (χ4n) is 8.54. The average molecular weight is 704 g/mol. The fourth-order valence-corrected chi connectivity index (χ4v) is 9.66. The molecule has 0 unspecified atom stereocenters. The summed E-state index contributed by atoms with van der Waals surface area (Å²) in [5, 5.41) is 12.9. The van der Waals surface area contributed by atoms with Crippen LogP contribution in [0.1, 0.15) is 0 Å². The summed E-state index contributed by atoms with van der Waals surface area (Å²) in [6.07, 6.45) is 0. The number of nitrogens with zero attached hydrogens (tertiary/aromatic N) is 1. The van der Waals surface area contributed by atoms with Crippen LogP contribution < -0.4 is 4.90 Å². The van der Waals surface area contributed by atoms with E-state index in [4.69, 9.17) is 0 Å². The Morgan fingerprint density at radius 1 is 0.315 bits per heavy atom. The molecule has 0 aliphatic carbocycles. The van der Waals surface area contributed by atoms with E-state index in [2.05, 4.69) is 205 Å². The van der Waals surface area contributed by atoms with Gasteiger partial charge < -0.3 is 4.90 Å². The molecule has 1 nitrogen and oxygen atoms in total. The van der Waals surface area contributed by atoms with Gasteiger partial charge in [-0.05, 0) is 108 Å². The summed E-state index contributed by atoms with van der Waals surface area (Å²) in [5.74, 6) is 0. The third kappa shape index (κ3) is 4.92. The minimum atomic E-state index is 1.11. The first kappa shape index (κ1) is 30.8. The Balaban J connectivity index is 1.12. The summed E-state index contributed by atoms with van der Waals surface area (Å²) >= 11 is 1.87. The molecule has 252 valence electrons. The zero-order chi connectivity index (χ0) is 35.6. The van der Waals surface area contributed by atoms with Crippen LogP contribution >= 0.6 is 11.3 Å². The molecular formula is C52H33NS. The molecule has 0 fully saturated rings. The van der Waals surface area contributed by atoms with Gasteiger partial charge in [0.25, 0.3) is 0 Å². The van der Waals surface area contributed by atoms with Gasteiger partial charge in [0.1, 0.15) is 0 Å². The second kappa shape index (κ2) is 12.4. The van der Waals surface area contributed by atoms with Gasteiger partial charge >= 0.3 is 0 Å². The third-order valence-electron chi connectivity index (χ3n) is 11.0. The molecule has 0 saturated heterocycles. The molecule has 0 radical (unpaired) electrons. The van der Waals surface area contributed by atoms with Crippen molar-refractivity contribution in [2.24, 2.45) is 0 Å². The van der Waals surface area contributed by atoms with Crippen LogP contribution in [0.5, 0.6) is 0 Å². The second-order valence-electron chi connectivity index (χ2n) is 14.1. The van der Waals surface area contributed by atoms with Crippen LogP contribution in [0.3, 0.4) is 0 Å². The van der Waals surface area contributed by atoms with Gasteiger partial charge in [-0.1, -0.05) is 152 Å². The molecule has 0 spiro atoms. The summed E-state index contributed by atoms with van der Waals surface area (Å²) in [5.41, 5.74) is 8.21. The van der Waals surface area contributed by atoms with Gasteiger partial charge in [0.05, 0.1) is 5.69 Å². The van der Waals surface area contributed by atoms with E-state index in [1.54, 1.807) is 0 Å². The van der Waals surface area contributed by atoms with Crippen LogP contribution in [-0.2, 0) is 0 Å². The maximum atomic E-state index is 2.43. The number of hydrogen-bond acceptors (Lipinski definition) is 2. The van der Waals surface area contributed by atoms with Crippen molar-refractivity contribution >= 4 is 91.7 Å². The topological polar surface area (TPSA) is 3.24 Å². The zero-order valence-corrected chi connectivity index (χ0v) is 30.2. The Kier molecular flexibility index (Phi) is 7.11. The molecule has 0 saturated carbocycles. The fraction of sp³-hybridized carbons (Fsp3) is 0. The van der Waals surface area contributed by atoms with Crippen molar-refractivity contribution in [1.82, 2.24) is 0 Å². The van der Waals surface area contributed by atoms with Gasteiger partial charge in [-0.2, -0.15) is 0 Å². The van der Waals surface area contributed by atoms with Crippen LogP contribution in [0, 0.1) is 0 Å². The first-order valence-electron chi connectivity index (χ1n) is 18.5. The largest absolute Gasteiger partial charge is 0.310 e. The third-order valence-corrected chi connectivity index (χ3v) is 12.2. The van der Waals surface area contributed by atoms with Crippen LogP contribution in [-0.4, -0.2) is 0 Å². The van der Waals surface area contributed by atoms with E-state index in [0.29, 0.717) is 0 Å². The molecule has 0 aliphatic rings. The van der Waals surface area contributed by atoms with Gasteiger partial charge in [0, 0.05) is 37.1 Å². The molecule has 0 aliphatic heterocycles. The Labute approximate surface area is 317 Å². The Morgan fingerprint density at radius 2 is 0.926 bits per heavy atom. The molecule has 0 atom stereocenters. The highest BCUT2D eigenvalue weighted by Gasteiger charge is 2.19. The maximum Gasteiger partial charge on any atom is 0.0540 e. The number of hydrogen-bond donors (Lipinski definition) is 0. The van der Waals surface area contributed by atoms with E-state index >= 15 is 0 Å². The molecule has 10 aromatic carbocycles. The number of fused-ring (bicyclic) bond motifs is 10. The Morgan fingerprint density at radius 3 is 1.80 bits per heavy atom. The zero-order valence-electron chi connectivity index (χ0n) is 29.4. The number of para-hydroxylation sites is 1. The van der Waals surface area contributed by atoms with Crippen LogP contribution in [0.25, 0.3) is 85.5 Å². The first-order chi connectivity index (χ1) is 26.8. The molecular weight excluding hydrogens is 671 g/mol. The summed E-state index contributed by atoms with van der Waals surface area (Å²) < 4.78 is 2.64. The molecule has 0 amide bonds. The van der Waals surface area contributed by atoms with Crippen molar-refractivity contribution in [3.8, 4) is 22.3 Å². The number of thiophene rings is 1. The molecule has 1 heterocycles. The van der Waals surface area contributed by atoms with Crippen LogP contribution in [0.2, 0.25) is 0 Å². The molecule has 54 heavy (non-hydrogen) atoms. The molecule has 0 bridgehead atoms. The van der Waals surface area contributed by atoms with Crippen molar-refractivity contribution in [2.45, 2.75) is 0 Å². The Bertz CT molecular complexity index is 3210. The summed E-state index contributed by atoms with van der Waals surface area (Å²) in [6, 6.07) is 73.5. The predicted octanol–water partition coefficient (Wildman–Crippen LogP) is 15.5. The monoisotopic (exact) mass is 703 g/mol. The lowest BCUT2D eigenvalue weighted by Gasteiger charge is -2.28. The molecule has 1 aromatic heterocycles. The normalized spacial score (nSPS) is 11.7. The van der Waals surface area contributed by atoms with Crippen molar-refractivity contribution in [3.05, 3.63) is 200 Å². The standard InChI is InChI=1S/C52H33NS/c1-2-12-34(13-3-1)41-15-8-10-20-48(41)53(40-30-26-37-27-31-50-52(47(37)33-40)45-19-9-11-21-49(45)54-50)39-28-24-36(25-29-39)46-32-38-23-22-35-14-4-5-16-42(35)51(38)44-18-7-6-17-43(44)46/h1-33H. The van der Waals surface area contributed by atoms with E-state index in [9.17, 15) is 0 Å². The van der Waals surface area contributed by atoms with Crippen molar-refractivity contribution in [3.63, 3.8) is 0 Å². The number of anilines is 3. The van der Waals surface area contributed by atoms with E-state index in [1.165, 1.54) is 85.5 Å². The van der Waals surface area contributed by atoms with Gasteiger partial charge in [0.2, 0.25) is 0 Å². The quantitative estimate of drug-likeness (QED) is 0.161. The van der Waals surface area contributed by atoms with E-state index in [1.807, 2.05) is 11.3 Å². The maximum absolute atomic E-state index is 2.43. The summed E-state index contributed by atoms with van der Waals surface area (Å²) in [6.45, 7) is 0. The lowest BCUT2D eigenvalue weighted by molar-refractivity contribution is 1.29. The van der Waals surface area contributed by atoms with Gasteiger partial charge in [-0.25, -0.2) is 0 Å². The van der Waals surface area contributed by atoms with Crippen molar-refractivity contribution in [1.29, 1.82) is 0 Å². The molecule has 11 rings (SSSR count). The van der Waals surface area contributed by atoms with Gasteiger partial charge in [0.15, 0.2) is 0 Å². The molecule has 11 aromatic rings. The average Bonchev–Trinajstić information content (AvgIpc) is 3.63. The van der Waals surface area contributed by atoms with Crippen LogP contribution in [0.15, 0.2) is 200 Å². The number of rotatable bonds is 5. The minimum Gasteiger partial charge on any atom is -0.310 e. The SMILES string of the molecule is c1ccc(-c2ccccc2N(c2ccc(-c3cc4ccc5ccccc5c4c4ccccc34)cc2)c2ccc3ccc4sc5ccccc5c4c3c2)cc1. The summed E-state index contributed by atoms with van der Waals surface area (Å²) in [4.78, 5) is 2.43. The highest BCUT2D eigenvalue weighted by molar-refractivity contribution is 7.26. The van der Waals surface area contributed by atoms with E-state index < -0.39 is 0 Å². The lowest BCUT2D eigenvalue weighted by Crippen LogP contribution is -2.11. The number of benzene rings is 10. The van der Waals surface area contributed by atoms with Crippen LogP contribution in [0.4, 0.5) is 17.1 Å². The first-order valence-corrected chi connectivity index (χ1v) is 19.3. The molecule has 2 heteroatoms. The van der Waals surface area contributed by atoms with Gasteiger partial charge in [-0.3, -0.25) is 0 Å². The van der Waals surface area contributed by atoms with Gasteiger partial charge in [-0.15, -0.1) is 11.3 Å². The van der Waals surface area contributed by atoms with E-state index in [0.717, 1.165) is 17.1 Å². The predicted molar refractivity (Wildman–Crippen MR) is 235 cm³/mol. The van der Waals surface area contributed by atoms with Crippen molar-refractivity contribution < 1.29 is 0 Å². The highest BCUT2D eigenvalue weighted by Crippen LogP contribution is 2.45. The minimum absolute atomic E-state index is 1.11. The molecule has 0 N–H and O–H groups in total. The highest BCUT2D eigenvalue weighted by atomic mass is 32.1. The summed E-state index contributed by atoms with van der Waals surface area (Å²) in [7, 11) is 0. The Hall–Kier alpha value is -6.74. The lowest BCUT2D eigenvalue weighted by atomic mass is 9.90. The van der Waals surface area contributed by atoms with Crippen molar-refractivity contribution in [2.75, 3.05) is 4.90 Å². The van der Waals surface area contributed by atoms with E-state index in [-0.39, 0.29) is 0 Å².